The highest BCUT2D eigenvalue weighted by atomic mass is 79.9. The molecule has 0 radical (unpaired) electrons. The standard InChI is InChI=1S/C12H20BrN3O2S/c1-8(2)14-6-10(4)19(17,18)16-12-5-9(3)11(13)7-15-12/h5,7-8,10,14H,6H2,1-4H3,(H,15,16). The number of hydrogen-bond donors (Lipinski definition) is 2. The number of pyridine rings is 1. The van der Waals surface area contributed by atoms with Gasteiger partial charge in [0.2, 0.25) is 10.0 Å². The van der Waals surface area contributed by atoms with Crippen molar-refractivity contribution in [3.63, 3.8) is 0 Å². The van der Waals surface area contributed by atoms with Crippen molar-refractivity contribution in [2.24, 2.45) is 0 Å². The second-order valence-electron chi connectivity index (χ2n) is 4.84. The molecule has 1 aromatic heterocycles. The van der Waals surface area contributed by atoms with Crippen LogP contribution in [0.3, 0.4) is 0 Å². The van der Waals surface area contributed by atoms with Gasteiger partial charge in [0.1, 0.15) is 5.82 Å². The fourth-order valence-electron chi connectivity index (χ4n) is 1.35. The van der Waals surface area contributed by atoms with Crippen molar-refractivity contribution in [2.75, 3.05) is 11.3 Å². The Labute approximate surface area is 123 Å². The van der Waals surface area contributed by atoms with E-state index in [1.807, 2.05) is 20.8 Å². The molecule has 0 aliphatic rings. The third-order valence-electron chi connectivity index (χ3n) is 2.64. The summed E-state index contributed by atoms with van der Waals surface area (Å²) in [5, 5.41) is 2.58. The molecule has 7 heteroatoms. The molecule has 2 N–H and O–H groups in total. The lowest BCUT2D eigenvalue weighted by molar-refractivity contribution is 0.553. The van der Waals surface area contributed by atoms with E-state index >= 15 is 0 Å². The summed E-state index contributed by atoms with van der Waals surface area (Å²) >= 11 is 3.33. The zero-order valence-corrected chi connectivity index (χ0v) is 14.0. The average Bonchev–Trinajstić information content (AvgIpc) is 2.30. The van der Waals surface area contributed by atoms with Gasteiger partial charge < -0.3 is 5.32 Å². The van der Waals surface area contributed by atoms with Crippen LogP contribution in [-0.2, 0) is 10.0 Å². The zero-order valence-electron chi connectivity index (χ0n) is 11.6. The molecule has 0 fully saturated rings. The van der Waals surface area contributed by atoms with Crippen molar-refractivity contribution in [2.45, 2.75) is 39.0 Å². The number of nitrogens with one attached hydrogen (secondary N) is 2. The first-order chi connectivity index (χ1) is 8.72. The van der Waals surface area contributed by atoms with Gasteiger partial charge in [-0.15, -0.1) is 0 Å². The zero-order chi connectivity index (χ0) is 14.6. The molecule has 0 saturated heterocycles. The molecule has 0 bridgehead atoms. The summed E-state index contributed by atoms with van der Waals surface area (Å²) in [4.78, 5) is 4.04. The molecule has 1 atom stereocenters. The molecular formula is C12H20BrN3O2S. The second-order valence-corrected chi connectivity index (χ2v) is 7.79. The summed E-state index contributed by atoms with van der Waals surface area (Å²) in [6.07, 6.45) is 1.59. The highest BCUT2D eigenvalue weighted by Gasteiger charge is 2.21. The van der Waals surface area contributed by atoms with Gasteiger partial charge in [-0.05, 0) is 41.4 Å². The predicted molar refractivity (Wildman–Crippen MR) is 81.8 cm³/mol. The van der Waals surface area contributed by atoms with Gasteiger partial charge in [0.25, 0.3) is 0 Å². The van der Waals surface area contributed by atoms with E-state index in [9.17, 15) is 8.42 Å². The summed E-state index contributed by atoms with van der Waals surface area (Å²) in [7, 11) is -3.43. The normalized spacial score (nSPS) is 13.6. The average molecular weight is 350 g/mol. The molecule has 0 amide bonds. The van der Waals surface area contributed by atoms with Gasteiger partial charge in [0, 0.05) is 23.3 Å². The van der Waals surface area contributed by atoms with E-state index in [2.05, 4.69) is 31.0 Å². The molecule has 5 nitrogen and oxygen atoms in total. The van der Waals surface area contributed by atoms with Crippen LogP contribution in [0, 0.1) is 6.92 Å². The molecule has 0 saturated carbocycles. The van der Waals surface area contributed by atoms with Crippen molar-refractivity contribution in [1.82, 2.24) is 10.3 Å². The summed E-state index contributed by atoms with van der Waals surface area (Å²) in [6.45, 7) is 7.91. The van der Waals surface area contributed by atoms with Crippen LogP contribution >= 0.6 is 15.9 Å². The van der Waals surface area contributed by atoms with Crippen molar-refractivity contribution in [3.8, 4) is 0 Å². The van der Waals surface area contributed by atoms with Gasteiger partial charge in [-0.3, -0.25) is 4.72 Å². The largest absolute Gasteiger partial charge is 0.313 e. The number of hydrogen-bond acceptors (Lipinski definition) is 4. The SMILES string of the molecule is Cc1cc(NS(=O)(=O)C(C)CNC(C)C)ncc1Br. The number of anilines is 1. The Morgan fingerprint density at radius 1 is 1.37 bits per heavy atom. The number of aromatic nitrogens is 1. The van der Waals surface area contributed by atoms with Crippen LogP contribution in [0.15, 0.2) is 16.7 Å². The molecule has 0 spiro atoms. The van der Waals surface area contributed by atoms with Crippen LogP contribution in [0.5, 0.6) is 0 Å². The summed E-state index contributed by atoms with van der Waals surface area (Å²) in [5.41, 5.74) is 0.931. The molecule has 0 aliphatic heterocycles. The van der Waals surface area contributed by atoms with E-state index in [-0.39, 0.29) is 6.04 Å². The summed E-state index contributed by atoms with van der Waals surface area (Å²) in [6, 6.07) is 1.95. The third kappa shape index (κ3) is 5.08. The Bertz CT molecular complexity index is 532. The smallest absolute Gasteiger partial charge is 0.237 e. The Kier molecular flexibility index (Phi) is 5.76. The highest BCUT2D eigenvalue weighted by molar-refractivity contribution is 9.10. The molecule has 1 aromatic rings. The number of sulfonamides is 1. The fourth-order valence-corrected chi connectivity index (χ4v) is 2.49. The maximum atomic E-state index is 12.1. The van der Waals surface area contributed by atoms with E-state index in [1.165, 1.54) is 0 Å². The van der Waals surface area contributed by atoms with E-state index in [0.717, 1.165) is 10.0 Å². The second kappa shape index (κ2) is 6.67. The monoisotopic (exact) mass is 349 g/mol. The first-order valence-corrected chi connectivity index (χ1v) is 8.43. The van der Waals surface area contributed by atoms with Crippen molar-refractivity contribution >= 4 is 31.8 Å². The Morgan fingerprint density at radius 3 is 2.53 bits per heavy atom. The first kappa shape index (κ1) is 16.4. The third-order valence-corrected chi connectivity index (χ3v) is 5.19. The van der Waals surface area contributed by atoms with Crippen molar-refractivity contribution in [1.29, 1.82) is 0 Å². The lowest BCUT2D eigenvalue weighted by Crippen LogP contribution is -2.37. The Balaban J connectivity index is 2.75. The highest BCUT2D eigenvalue weighted by Crippen LogP contribution is 2.18. The quantitative estimate of drug-likeness (QED) is 0.826. The predicted octanol–water partition coefficient (Wildman–Crippen LogP) is 2.28. The minimum absolute atomic E-state index is 0.255. The van der Waals surface area contributed by atoms with Crippen LogP contribution < -0.4 is 10.0 Å². The van der Waals surface area contributed by atoms with E-state index in [0.29, 0.717) is 12.4 Å². The number of aryl methyl sites for hydroxylation is 1. The maximum absolute atomic E-state index is 12.1. The molecule has 0 aliphatic carbocycles. The van der Waals surface area contributed by atoms with Crippen LogP contribution in [0.4, 0.5) is 5.82 Å². The minimum atomic E-state index is -3.43. The van der Waals surface area contributed by atoms with Gasteiger partial charge in [-0.1, -0.05) is 13.8 Å². The molecule has 1 unspecified atom stereocenters. The van der Waals surface area contributed by atoms with E-state index < -0.39 is 15.3 Å². The lowest BCUT2D eigenvalue weighted by atomic mass is 10.3. The number of nitrogens with zero attached hydrogens (tertiary/aromatic N) is 1. The van der Waals surface area contributed by atoms with Gasteiger partial charge in [-0.25, -0.2) is 13.4 Å². The summed E-state index contributed by atoms with van der Waals surface area (Å²) in [5.74, 6) is 0.345. The Morgan fingerprint density at radius 2 is 2.00 bits per heavy atom. The van der Waals surface area contributed by atoms with Crippen molar-refractivity contribution < 1.29 is 8.42 Å². The number of halogens is 1. The van der Waals surface area contributed by atoms with E-state index in [1.54, 1.807) is 19.2 Å². The lowest BCUT2D eigenvalue weighted by Gasteiger charge is -2.16. The first-order valence-electron chi connectivity index (χ1n) is 6.09. The molecular weight excluding hydrogens is 330 g/mol. The topological polar surface area (TPSA) is 71.1 Å². The minimum Gasteiger partial charge on any atom is -0.313 e. The van der Waals surface area contributed by atoms with Gasteiger partial charge in [0.05, 0.1) is 5.25 Å². The van der Waals surface area contributed by atoms with Crippen LogP contribution in [0.25, 0.3) is 0 Å². The molecule has 19 heavy (non-hydrogen) atoms. The number of rotatable bonds is 6. The summed E-state index contributed by atoms with van der Waals surface area (Å²) < 4.78 is 27.6. The molecule has 1 heterocycles. The van der Waals surface area contributed by atoms with Gasteiger partial charge in [0.15, 0.2) is 0 Å². The fraction of sp³-hybridized carbons (Fsp3) is 0.583. The van der Waals surface area contributed by atoms with Crippen LogP contribution in [0.2, 0.25) is 0 Å². The molecule has 1 rings (SSSR count). The maximum Gasteiger partial charge on any atom is 0.237 e. The Hall–Kier alpha value is -0.660. The molecule has 108 valence electrons. The van der Waals surface area contributed by atoms with Gasteiger partial charge in [-0.2, -0.15) is 0 Å². The van der Waals surface area contributed by atoms with Crippen molar-refractivity contribution in [3.05, 3.63) is 22.3 Å². The molecule has 0 aromatic carbocycles. The van der Waals surface area contributed by atoms with Crippen LogP contribution in [0.1, 0.15) is 26.3 Å². The van der Waals surface area contributed by atoms with E-state index in [4.69, 9.17) is 0 Å². The van der Waals surface area contributed by atoms with Crippen LogP contribution in [-0.4, -0.2) is 31.2 Å². The van der Waals surface area contributed by atoms with Gasteiger partial charge >= 0.3 is 0 Å².